The molecule has 2 aromatic rings. The molecule has 0 saturated heterocycles. The SMILES string of the molecule is O=[N+]([O-])c1ccc2c(c1)CN(c1ccc(F)cc1[N+](=O)[O-])CC2. The van der Waals surface area contributed by atoms with E-state index in [-0.39, 0.29) is 11.4 Å². The summed E-state index contributed by atoms with van der Waals surface area (Å²) in [5.41, 5.74) is 1.73. The van der Waals surface area contributed by atoms with E-state index >= 15 is 0 Å². The predicted octanol–water partition coefficient (Wildman–Crippen LogP) is 3.20. The van der Waals surface area contributed by atoms with Crippen molar-refractivity contribution in [3.05, 3.63) is 73.6 Å². The molecule has 1 heterocycles. The molecule has 0 radical (unpaired) electrons. The maximum atomic E-state index is 13.3. The van der Waals surface area contributed by atoms with Crippen molar-refractivity contribution in [1.29, 1.82) is 0 Å². The predicted molar refractivity (Wildman–Crippen MR) is 80.9 cm³/mol. The summed E-state index contributed by atoms with van der Waals surface area (Å²) >= 11 is 0. The molecule has 8 heteroatoms. The van der Waals surface area contributed by atoms with Crippen molar-refractivity contribution in [1.82, 2.24) is 0 Å². The van der Waals surface area contributed by atoms with E-state index in [1.54, 1.807) is 11.0 Å². The van der Waals surface area contributed by atoms with Crippen LogP contribution in [0.4, 0.5) is 21.5 Å². The third-order valence-electron chi connectivity index (χ3n) is 3.89. The molecule has 0 fully saturated rings. The normalized spacial score (nSPS) is 13.5. The fourth-order valence-electron chi connectivity index (χ4n) is 2.77. The van der Waals surface area contributed by atoms with E-state index in [0.29, 0.717) is 25.2 Å². The molecule has 2 aromatic carbocycles. The second-order valence-corrected chi connectivity index (χ2v) is 5.27. The summed E-state index contributed by atoms with van der Waals surface area (Å²) in [6.07, 6.45) is 0.613. The fraction of sp³-hybridized carbons (Fsp3) is 0.200. The highest BCUT2D eigenvalue weighted by atomic mass is 19.1. The maximum absolute atomic E-state index is 13.3. The quantitative estimate of drug-likeness (QED) is 0.640. The Bertz CT molecular complexity index is 809. The Hall–Kier alpha value is -3.03. The first-order valence-corrected chi connectivity index (χ1v) is 6.91. The van der Waals surface area contributed by atoms with E-state index < -0.39 is 15.7 Å². The second-order valence-electron chi connectivity index (χ2n) is 5.27. The Balaban J connectivity index is 1.97. The summed E-state index contributed by atoms with van der Waals surface area (Å²) in [5, 5.41) is 22.0. The molecular formula is C15H12FN3O4. The largest absolute Gasteiger partial charge is 0.361 e. The van der Waals surface area contributed by atoms with Crippen LogP contribution in [0.3, 0.4) is 0 Å². The minimum absolute atomic E-state index is 0.0146. The van der Waals surface area contributed by atoms with Crippen molar-refractivity contribution in [2.45, 2.75) is 13.0 Å². The van der Waals surface area contributed by atoms with Crippen LogP contribution in [0.2, 0.25) is 0 Å². The second kappa shape index (κ2) is 5.64. The van der Waals surface area contributed by atoms with Gasteiger partial charge in [0.25, 0.3) is 11.4 Å². The van der Waals surface area contributed by atoms with Crippen molar-refractivity contribution >= 4 is 17.1 Å². The summed E-state index contributed by atoms with van der Waals surface area (Å²) in [5.74, 6) is -0.673. The van der Waals surface area contributed by atoms with Gasteiger partial charge in [-0.25, -0.2) is 4.39 Å². The number of fused-ring (bicyclic) bond motifs is 1. The minimum Gasteiger partial charge on any atom is -0.361 e. The molecule has 0 N–H and O–H groups in total. The minimum atomic E-state index is -0.673. The smallest absolute Gasteiger partial charge is 0.295 e. The zero-order valence-corrected chi connectivity index (χ0v) is 11.9. The zero-order valence-electron chi connectivity index (χ0n) is 11.9. The topological polar surface area (TPSA) is 89.5 Å². The molecule has 0 spiro atoms. The van der Waals surface area contributed by atoms with Gasteiger partial charge in [-0.15, -0.1) is 0 Å². The van der Waals surface area contributed by atoms with Crippen molar-refractivity contribution in [3.8, 4) is 0 Å². The van der Waals surface area contributed by atoms with Crippen molar-refractivity contribution in [3.63, 3.8) is 0 Å². The van der Waals surface area contributed by atoms with Crippen LogP contribution in [0.15, 0.2) is 36.4 Å². The van der Waals surface area contributed by atoms with Crippen LogP contribution in [0, 0.1) is 26.0 Å². The molecule has 1 aliphatic rings. The van der Waals surface area contributed by atoms with Gasteiger partial charge in [0.1, 0.15) is 11.5 Å². The number of benzene rings is 2. The van der Waals surface area contributed by atoms with Gasteiger partial charge in [0.05, 0.1) is 15.9 Å². The number of anilines is 1. The first kappa shape index (κ1) is 14.9. The molecule has 23 heavy (non-hydrogen) atoms. The Kier molecular flexibility index (Phi) is 3.65. The number of non-ortho nitro benzene ring substituents is 1. The Morgan fingerprint density at radius 3 is 2.48 bits per heavy atom. The van der Waals surface area contributed by atoms with Crippen LogP contribution in [-0.2, 0) is 13.0 Å². The Morgan fingerprint density at radius 1 is 1.00 bits per heavy atom. The lowest BCUT2D eigenvalue weighted by molar-refractivity contribution is -0.384. The number of nitro benzene ring substituents is 2. The molecule has 0 atom stereocenters. The standard InChI is InChI=1S/C15H12FN3O4/c16-12-2-4-14(15(8-12)19(22)23)17-6-5-10-1-3-13(18(20)21)7-11(10)9-17/h1-4,7-8H,5-6,9H2. The summed E-state index contributed by atoms with van der Waals surface area (Å²) < 4.78 is 13.3. The summed E-state index contributed by atoms with van der Waals surface area (Å²) in [4.78, 5) is 22.7. The third kappa shape index (κ3) is 2.83. The molecule has 0 bridgehead atoms. The number of hydrogen-bond acceptors (Lipinski definition) is 5. The van der Waals surface area contributed by atoms with Crippen LogP contribution in [-0.4, -0.2) is 16.4 Å². The first-order valence-electron chi connectivity index (χ1n) is 6.91. The fourth-order valence-corrected chi connectivity index (χ4v) is 2.77. The molecule has 1 aliphatic heterocycles. The van der Waals surface area contributed by atoms with E-state index in [2.05, 4.69) is 0 Å². The van der Waals surface area contributed by atoms with Gasteiger partial charge in [-0.2, -0.15) is 0 Å². The van der Waals surface area contributed by atoms with E-state index in [0.717, 1.165) is 17.2 Å². The summed E-state index contributed by atoms with van der Waals surface area (Å²) in [6.45, 7) is 0.834. The molecule has 7 nitrogen and oxygen atoms in total. The summed E-state index contributed by atoms with van der Waals surface area (Å²) in [6, 6.07) is 8.08. The van der Waals surface area contributed by atoms with Crippen LogP contribution in [0.1, 0.15) is 11.1 Å². The van der Waals surface area contributed by atoms with Crippen molar-refractivity contribution < 1.29 is 14.2 Å². The molecule has 0 aromatic heterocycles. The zero-order chi connectivity index (χ0) is 16.6. The average molecular weight is 317 g/mol. The molecule has 0 amide bonds. The van der Waals surface area contributed by atoms with Gasteiger partial charge in [-0.05, 0) is 29.7 Å². The number of halogens is 1. The molecule has 118 valence electrons. The number of nitro groups is 2. The van der Waals surface area contributed by atoms with Gasteiger partial charge in [0.15, 0.2) is 0 Å². The number of nitrogens with zero attached hydrogens (tertiary/aromatic N) is 3. The molecule has 3 rings (SSSR count). The van der Waals surface area contributed by atoms with Crippen LogP contribution in [0.5, 0.6) is 0 Å². The van der Waals surface area contributed by atoms with Crippen molar-refractivity contribution in [2.24, 2.45) is 0 Å². The first-order chi connectivity index (χ1) is 11.0. The Morgan fingerprint density at radius 2 is 1.78 bits per heavy atom. The molecule has 0 unspecified atom stereocenters. The van der Waals surface area contributed by atoms with Crippen LogP contribution >= 0.6 is 0 Å². The number of hydrogen-bond donors (Lipinski definition) is 0. The van der Waals surface area contributed by atoms with E-state index in [4.69, 9.17) is 0 Å². The van der Waals surface area contributed by atoms with Crippen LogP contribution in [0.25, 0.3) is 0 Å². The Labute approximate surface area is 130 Å². The third-order valence-corrected chi connectivity index (χ3v) is 3.89. The molecular weight excluding hydrogens is 305 g/mol. The van der Waals surface area contributed by atoms with Gasteiger partial charge in [0, 0.05) is 25.2 Å². The lowest BCUT2D eigenvalue weighted by Crippen LogP contribution is -2.30. The highest BCUT2D eigenvalue weighted by Crippen LogP contribution is 2.33. The van der Waals surface area contributed by atoms with Gasteiger partial charge in [-0.1, -0.05) is 6.07 Å². The number of rotatable bonds is 3. The highest BCUT2D eigenvalue weighted by molar-refractivity contribution is 5.64. The maximum Gasteiger partial charge on any atom is 0.295 e. The average Bonchev–Trinajstić information content (AvgIpc) is 2.53. The highest BCUT2D eigenvalue weighted by Gasteiger charge is 2.25. The summed E-state index contributed by atoms with van der Waals surface area (Å²) in [7, 11) is 0. The lowest BCUT2D eigenvalue weighted by Gasteiger charge is -2.30. The van der Waals surface area contributed by atoms with E-state index in [1.165, 1.54) is 24.3 Å². The van der Waals surface area contributed by atoms with E-state index in [9.17, 15) is 24.6 Å². The van der Waals surface area contributed by atoms with E-state index in [1.807, 2.05) is 0 Å². The van der Waals surface area contributed by atoms with Crippen LogP contribution < -0.4 is 4.90 Å². The van der Waals surface area contributed by atoms with Crippen molar-refractivity contribution in [2.75, 3.05) is 11.4 Å². The van der Waals surface area contributed by atoms with Gasteiger partial charge < -0.3 is 4.90 Å². The lowest BCUT2D eigenvalue weighted by atomic mass is 9.98. The van der Waals surface area contributed by atoms with Gasteiger partial charge >= 0.3 is 0 Å². The van der Waals surface area contributed by atoms with Gasteiger partial charge in [-0.3, -0.25) is 20.2 Å². The molecule has 0 saturated carbocycles. The monoisotopic (exact) mass is 317 g/mol. The van der Waals surface area contributed by atoms with Gasteiger partial charge in [0.2, 0.25) is 0 Å². The molecule has 0 aliphatic carbocycles.